The fourth-order valence-electron chi connectivity index (χ4n) is 3.29. The lowest BCUT2D eigenvalue weighted by Gasteiger charge is -2.25. The number of nitrogens with one attached hydrogen (secondary N) is 3. The number of aliphatic imine (C=N–C) groups is 2. The molecule has 0 fully saturated rings. The van der Waals surface area contributed by atoms with Gasteiger partial charge in [-0.15, -0.1) is 0 Å². The Hall–Kier alpha value is -3.80. The SMILES string of the molecule is CSCCC(NC(=O)C(CCC(N)=O)NC(=O)C(CCCN=C(N)N)NC(=O)C(N)CCCN=C(N)N)C(=O)O. The maximum Gasteiger partial charge on any atom is 0.326 e. The molecule has 0 radical (unpaired) electrons. The molecule has 0 spiro atoms. The number of hydrogen-bond acceptors (Lipinski definition) is 9. The standard InChI is InChI=1S/C22H43N11O6S/c1-40-11-8-15(20(38)39)33-19(37)14(6-7-16(24)34)32-18(36)13(5-3-10-30-22(27)28)31-17(35)12(23)4-2-9-29-21(25)26/h12-15H,2-11,23H2,1H3,(H2,24,34)(H,31,35)(H,32,36)(H,33,37)(H,38,39)(H4,25,26,29)(H4,27,28,30). The normalized spacial score (nSPS) is 13.6. The van der Waals surface area contributed by atoms with Gasteiger partial charge in [-0.05, 0) is 50.5 Å². The number of carbonyl (C=O) groups is 5. The van der Waals surface area contributed by atoms with E-state index in [1.54, 1.807) is 6.26 Å². The molecule has 0 aliphatic carbocycles. The van der Waals surface area contributed by atoms with Crippen molar-refractivity contribution in [3.05, 3.63) is 0 Å². The molecule has 0 saturated carbocycles. The van der Waals surface area contributed by atoms with Gasteiger partial charge in [-0.3, -0.25) is 29.2 Å². The molecular weight excluding hydrogens is 546 g/mol. The van der Waals surface area contributed by atoms with E-state index in [-0.39, 0.29) is 63.5 Å². The van der Waals surface area contributed by atoms with E-state index in [0.29, 0.717) is 12.2 Å². The van der Waals surface area contributed by atoms with Crippen LogP contribution >= 0.6 is 11.8 Å². The lowest BCUT2D eigenvalue weighted by Crippen LogP contribution is -2.57. The van der Waals surface area contributed by atoms with E-state index in [1.807, 2.05) is 0 Å². The lowest BCUT2D eigenvalue weighted by atomic mass is 10.1. The first kappa shape index (κ1) is 36.2. The minimum absolute atomic E-state index is 0.0741. The summed E-state index contributed by atoms with van der Waals surface area (Å²) >= 11 is 1.40. The van der Waals surface area contributed by atoms with Crippen LogP contribution < -0.4 is 50.4 Å². The lowest BCUT2D eigenvalue weighted by molar-refractivity contribution is -0.142. The molecular formula is C22H43N11O6S. The predicted octanol–water partition coefficient (Wildman–Crippen LogP) is -4.02. The van der Waals surface area contributed by atoms with Gasteiger partial charge in [0, 0.05) is 19.5 Å². The van der Waals surface area contributed by atoms with Crippen molar-refractivity contribution in [1.82, 2.24) is 16.0 Å². The van der Waals surface area contributed by atoms with Crippen molar-refractivity contribution in [2.75, 3.05) is 25.1 Å². The molecule has 4 atom stereocenters. The first-order valence-corrected chi connectivity index (χ1v) is 13.9. The summed E-state index contributed by atoms with van der Waals surface area (Å²) in [6.07, 6.45) is 2.46. The van der Waals surface area contributed by atoms with E-state index < -0.39 is 53.8 Å². The summed E-state index contributed by atoms with van der Waals surface area (Å²) in [6, 6.07) is -4.65. The van der Waals surface area contributed by atoms with Crippen LogP contribution in [0.25, 0.3) is 0 Å². The number of nitrogens with zero attached hydrogens (tertiary/aromatic N) is 2. The van der Waals surface area contributed by atoms with E-state index in [1.165, 1.54) is 11.8 Å². The number of thioether (sulfide) groups is 1. The summed E-state index contributed by atoms with van der Waals surface area (Å²) < 4.78 is 0. The van der Waals surface area contributed by atoms with E-state index in [9.17, 15) is 29.1 Å². The molecule has 0 saturated heterocycles. The minimum Gasteiger partial charge on any atom is -0.480 e. The van der Waals surface area contributed by atoms with E-state index in [2.05, 4.69) is 25.9 Å². The zero-order valence-corrected chi connectivity index (χ0v) is 23.5. The third-order valence-electron chi connectivity index (χ3n) is 5.42. The van der Waals surface area contributed by atoms with Crippen molar-refractivity contribution in [1.29, 1.82) is 0 Å². The van der Waals surface area contributed by atoms with Crippen LogP contribution in [-0.4, -0.2) is 95.9 Å². The Morgan fingerprint density at radius 2 is 1.20 bits per heavy atom. The largest absolute Gasteiger partial charge is 0.480 e. The molecule has 0 bridgehead atoms. The Morgan fingerprint density at radius 1 is 0.725 bits per heavy atom. The molecule has 0 aromatic heterocycles. The Kier molecular flexibility index (Phi) is 18.2. The molecule has 0 aliphatic heterocycles. The molecule has 0 aliphatic rings. The second kappa shape index (κ2) is 20.2. The van der Waals surface area contributed by atoms with Crippen LogP contribution in [0.4, 0.5) is 0 Å². The average molecular weight is 590 g/mol. The van der Waals surface area contributed by atoms with Gasteiger partial charge in [0.2, 0.25) is 23.6 Å². The fraction of sp³-hybridized carbons (Fsp3) is 0.682. The number of aliphatic carboxylic acids is 1. The molecule has 0 aromatic rings. The van der Waals surface area contributed by atoms with Crippen LogP contribution in [-0.2, 0) is 24.0 Å². The number of carboxylic acids is 1. The van der Waals surface area contributed by atoms with Gasteiger partial charge in [0.15, 0.2) is 11.9 Å². The molecule has 16 N–H and O–H groups in total. The number of nitrogens with two attached hydrogens (primary N) is 6. The monoisotopic (exact) mass is 589 g/mol. The van der Waals surface area contributed by atoms with Crippen molar-refractivity contribution in [3.8, 4) is 0 Å². The van der Waals surface area contributed by atoms with Crippen molar-refractivity contribution >= 4 is 53.3 Å². The quantitative estimate of drug-likeness (QED) is 0.0347. The zero-order valence-electron chi connectivity index (χ0n) is 22.6. The van der Waals surface area contributed by atoms with Crippen molar-refractivity contribution < 1.29 is 29.1 Å². The third kappa shape index (κ3) is 16.9. The van der Waals surface area contributed by atoms with Crippen LogP contribution in [0.2, 0.25) is 0 Å². The van der Waals surface area contributed by atoms with Crippen LogP contribution in [0, 0.1) is 0 Å². The highest BCUT2D eigenvalue weighted by Gasteiger charge is 2.30. The average Bonchev–Trinajstić information content (AvgIpc) is 2.87. The van der Waals surface area contributed by atoms with E-state index in [4.69, 9.17) is 34.4 Å². The summed E-state index contributed by atoms with van der Waals surface area (Å²) in [4.78, 5) is 69.4. The maximum absolute atomic E-state index is 13.2. The maximum atomic E-state index is 13.2. The number of hydrogen-bond donors (Lipinski definition) is 10. The first-order chi connectivity index (χ1) is 18.8. The molecule has 4 amide bonds. The van der Waals surface area contributed by atoms with E-state index >= 15 is 0 Å². The van der Waals surface area contributed by atoms with Crippen LogP contribution in [0.5, 0.6) is 0 Å². The Morgan fingerprint density at radius 3 is 1.68 bits per heavy atom. The Labute approximate surface area is 237 Å². The van der Waals surface area contributed by atoms with Crippen LogP contribution in [0.3, 0.4) is 0 Å². The van der Waals surface area contributed by atoms with Crippen molar-refractivity contribution in [3.63, 3.8) is 0 Å². The van der Waals surface area contributed by atoms with Gasteiger partial charge in [0.25, 0.3) is 0 Å². The second-order valence-corrected chi connectivity index (χ2v) is 9.80. The van der Waals surface area contributed by atoms with Gasteiger partial charge in [0.1, 0.15) is 18.1 Å². The molecule has 4 unspecified atom stereocenters. The number of carboxylic acid groups (broad SMARTS) is 1. The van der Waals surface area contributed by atoms with Gasteiger partial charge in [-0.2, -0.15) is 11.8 Å². The number of primary amides is 1. The molecule has 0 rings (SSSR count). The number of rotatable bonds is 21. The van der Waals surface area contributed by atoms with Crippen molar-refractivity contribution in [2.24, 2.45) is 44.4 Å². The molecule has 17 nitrogen and oxygen atoms in total. The van der Waals surface area contributed by atoms with E-state index in [0.717, 1.165) is 0 Å². The van der Waals surface area contributed by atoms with Crippen molar-refractivity contribution in [2.45, 2.75) is 69.1 Å². The van der Waals surface area contributed by atoms with Gasteiger partial charge in [0.05, 0.1) is 6.04 Å². The molecule has 18 heteroatoms. The van der Waals surface area contributed by atoms with Gasteiger partial charge >= 0.3 is 5.97 Å². The highest BCUT2D eigenvalue weighted by atomic mass is 32.2. The molecule has 40 heavy (non-hydrogen) atoms. The molecule has 228 valence electrons. The van der Waals surface area contributed by atoms with Gasteiger partial charge in [-0.1, -0.05) is 0 Å². The second-order valence-electron chi connectivity index (χ2n) is 8.81. The summed E-state index contributed by atoms with van der Waals surface area (Å²) in [5.41, 5.74) is 32.4. The van der Waals surface area contributed by atoms with Gasteiger partial charge < -0.3 is 55.5 Å². The number of amides is 4. The first-order valence-electron chi connectivity index (χ1n) is 12.6. The fourth-order valence-corrected chi connectivity index (χ4v) is 3.77. The smallest absolute Gasteiger partial charge is 0.326 e. The predicted molar refractivity (Wildman–Crippen MR) is 153 cm³/mol. The summed E-state index contributed by atoms with van der Waals surface area (Å²) in [6.45, 7) is 0.421. The van der Waals surface area contributed by atoms with Crippen LogP contribution in [0.15, 0.2) is 9.98 Å². The molecule has 0 aromatic carbocycles. The Bertz CT molecular complexity index is 910. The zero-order chi connectivity index (χ0) is 30.7. The Balaban J connectivity index is 5.63. The summed E-state index contributed by atoms with van der Waals surface area (Å²) in [7, 11) is 0. The summed E-state index contributed by atoms with van der Waals surface area (Å²) in [5, 5.41) is 16.9. The van der Waals surface area contributed by atoms with Gasteiger partial charge in [-0.25, -0.2) is 4.79 Å². The highest BCUT2D eigenvalue weighted by molar-refractivity contribution is 7.98. The number of guanidine groups is 2. The topological polar surface area (TPSA) is 323 Å². The third-order valence-corrected chi connectivity index (χ3v) is 6.06. The minimum atomic E-state index is -1.30. The van der Waals surface area contributed by atoms with Crippen LogP contribution in [0.1, 0.15) is 44.9 Å². The molecule has 0 heterocycles. The number of carbonyl (C=O) groups excluding carboxylic acids is 4. The summed E-state index contributed by atoms with van der Waals surface area (Å²) in [5.74, 6) is -3.95. The highest BCUT2D eigenvalue weighted by Crippen LogP contribution is 2.07.